The maximum absolute atomic E-state index is 11.9. The minimum Gasteiger partial charge on any atom is -0.339 e. The SMILES string of the molecule is C=CC(=O)N1CCC[C@H](c2cc(Nc3nc(C)c(C)s3)nc(C)n2)C1. The molecule has 2 aromatic heterocycles. The average molecular weight is 357 g/mol. The van der Waals surface area contributed by atoms with E-state index in [4.69, 9.17) is 0 Å². The van der Waals surface area contributed by atoms with E-state index in [0.29, 0.717) is 6.54 Å². The monoisotopic (exact) mass is 357 g/mol. The summed E-state index contributed by atoms with van der Waals surface area (Å²) in [5.74, 6) is 1.68. The second-order valence-corrected chi connectivity index (χ2v) is 7.54. The van der Waals surface area contributed by atoms with E-state index in [2.05, 4.69) is 33.8 Å². The van der Waals surface area contributed by atoms with E-state index in [1.807, 2.05) is 24.8 Å². The molecule has 6 nitrogen and oxygen atoms in total. The molecule has 1 atom stereocenters. The lowest BCUT2D eigenvalue weighted by Gasteiger charge is -2.32. The van der Waals surface area contributed by atoms with Crippen LogP contribution in [0.15, 0.2) is 18.7 Å². The van der Waals surface area contributed by atoms with Gasteiger partial charge in [-0.05, 0) is 39.7 Å². The molecule has 1 saturated heterocycles. The number of piperidine rings is 1. The predicted molar refractivity (Wildman–Crippen MR) is 100 cm³/mol. The van der Waals surface area contributed by atoms with Gasteiger partial charge in [0.2, 0.25) is 5.91 Å². The van der Waals surface area contributed by atoms with Gasteiger partial charge < -0.3 is 10.2 Å². The first-order valence-electron chi connectivity index (χ1n) is 8.44. The normalized spacial score (nSPS) is 17.4. The van der Waals surface area contributed by atoms with Gasteiger partial charge in [-0.2, -0.15) is 0 Å². The zero-order valence-corrected chi connectivity index (χ0v) is 15.7. The van der Waals surface area contributed by atoms with Crippen LogP contribution in [-0.2, 0) is 4.79 Å². The zero-order valence-electron chi connectivity index (χ0n) is 14.9. The van der Waals surface area contributed by atoms with Crippen LogP contribution < -0.4 is 5.32 Å². The molecule has 0 unspecified atom stereocenters. The van der Waals surface area contributed by atoms with Gasteiger partial charge in [0.15, 0.2) is 5.13 Å². The molecule has 25 heavy (non-hydrogen) atoms. The van der Waals surface area contributed by atoms with Crippen molar-refractivity contribution in [3.8, 4) is 0 Å². The van der Waals surface area contributed by atoms with E-state index >= 15 is 0 Å². The molecule has 3 heterocycles. The predicted octanol–water partition coefficient (Wildman–Crippen LogP) is 3.49. The van der Waals surface area contributed by atoms with E-state index in [0.717, 1.165) is 47.5 Å². The molecule has 1 aliphatic heterocycles. The molecule has 2 aromatic rings. The molecule has 0 radical (unpaired) electrons. The van der Waals surface area contributed by atoms with Gasteiger partial charge in [0.25, 0.3) is 0 Å². The average Bonchev–Trinajstić information content (AvgIpc) is 2.91. The minimum atomic E-state index is -0.0115. The first-order chi connectivity index (χ1) is 12.0. The Kier molecular flexibility index (Phi) is 5.13. The van der Waals surface area contributed by atoms with Crippen LogP contribution >= 0.6 is 11.3 Å². The fraction of sp³-hybridized carbons (Fsp3) is 0.444. The Labute approximate surface area is 152 Å². The first kappa shape index (κ1) is 17.5. The molecule has 1 aliphatic rings. The van der Waals surface area contributed by atoms with E-state index in [1.54, 1.807) is 11.3 Å². The third-order valence-electron chi connectivity index (χ3n) is 4.45. The highest BCUT2D eigenvalue weighted by Crippen LogP contribution is 2.29. The Hall–Kier alpha value is -2.28. The summed E-state index contributed by atoms with van der Waals surface area (Å²) in [6, 6.07) is 1.98. The molecule has 0 aliphatic carbocycles. The Morgan fingerprint density at radius 1 is 1.36 bits per heavy atom. The Bertz CT molecular complexity index is 781. The summed E-state index contributed by atoms with van der Waals surface area (Å²) in [7, 11) is 0. The molecule has 132 valence electrons. The van der Waals surface area contributed by atoms with Crippen LogP contribution in [-0.4, -0.2) is 38.8 Å². The van der Waals surface area contributed by atoms with Crippen LogP contribution in [0.1, 0.15) is 40.8 Å². The van der Waals surface area contributed by atoms with Gasteiger partial charge in [0.1, 0.15) is 11.6 Å². The number of carbonyl (C=O) groups excluding carboxylic acids is 1. The number of hydrogen-bond acceptors (Lipinski definition) is 6. The van der Waals surface area contributed by atoms with Crippen LogP contribution in [0.5, 0.6) is 0 Å². The lowest BCUT2D eigenvalue weighted by Crippen LogP contribution is -2.38. The van der Waals surface area contributed by atoms with Gasteiger partial charge >= 0.3 is 0 Å². The molecule has 3 rings (SSSR count). The van der Waals surface area contributed by atoms with Gasteiger partial charge in [0.05, 0.1) is 11.4 Å². The standard InChI is InChI=1S/C18H23N5OS/c1-5-17(24)23-8-6-7-14(10-23)15-9-16(21-13(4)20-15)22-18-19-11(2)12(3)25-18/h5,9,14H,1,6-8,10H2,2-4H3,(H,19,20,21,22)/t14-/m0/s1. The third kappa shape index (κ3) is 4.04. The van der Waals surface area contributed by atoms with Crippen molar-refractivity contribution in [3.05, 3.63) is 40.8 Å². The van der Waals surface area contributed by atoms with E-state index in [-0.39, 0.29) is 11.8 Å². The van der Waals surface area contributed by atoms with Gasteiger partial charge in [-0.25, -0.2) is 15.0 Å². The molecule has 0 spiro atoms. The molecule has 1 fully saturated rings. The van der Waals surface area contributed by atoms with Crippen molar-refractivity contribution in [2.45, 2.75) is 39.5 Å². The number of nitrogens with zero attached hydrogens (tertiary/aromatic N) is 4. The molecule has 0 aromatic carbocycles. The fourth-order valence-corrected chi connectivity index (χ4v) is 3.87. The van der Waals surface area contributed by atoms with Crippen LogP contribution in [0, 0.1) is 20.8 Å². The molecule has 7 heteroatoms. The molecule has 0 saturated carbocycles. The van der Waals surface area contributed by atoms with Crippen molar-refractivity contribution >= 4 is 28.2 Å². The highest BCUT2D eigenvalue weighted by molar-refractivity contribution is 7.15. The van der Waals surface area contributed by atoms with Crippen LogP contribution in [0.25, 0.3) is 0 Å². The number of rotatable bonds is 4. The Morgan fingerprint density at radius 2 is 2.16 bits per heavy atom. The lowest BCUT2D eigenvalue weighted by atomic mass is 9.94. The number of aryl methyl sites for hydroxylation is 3. The van der Waals surface area contributed by atoms with Gasteiger partial charge in [0, 0.05) is 30.0 Å². The summed E-state index contributed by atoms with van der Waals surface area (Å²) in [6.07, 6.45) is 3.38. The summed E-state index contributed by atoms with van der Waals surface area (Å²) < 4.78 is 0. The highest BCUT2D eigenvalue weighted by Gasteiger charge is 2.25. The molecule has 1 amide bonds. The minimum absolute atomic E-state index is 0.0115. The third-order valence-corrected chi connectivity index (χ3v) is 5.44. The first-order valence-corrected chi connectivity index (χ1v) is 9.26. The van der Waals surface area contributed by atoms with E-state index in [9.17, 15) is 4.79 Å². The van der Waals surface area contributed by atoms with Crippen molar-refractivity contribution in [2.75, 3.05) is 18.4 Å². The molecule has 1 N–H and O–H groups in total. The van der Waals surface area contributed by atoms with Gasteiger partial charge in [-0.15, -0.1) is 11.3 Å². The van der Waals surface area contributed by atoms with Gasteiger partial charge in [-0.3, -0.25) is 4.79 Å². The van der Waals surface area contributed by atoms with Crippen LogP contribution in [0.4, 0.5) is 10.9 Å². The number of carbonyl (C=O) groups is 1. The topological polar surface area (TPSA) is 71.0 Å². The number of anilines is 2. The number of aromatic nitrogens is 3. The maximum Gasteiger partial charge on any atom is 0.245 e. The molecular weight excluding hydrogens is 334 g/mol. The largest absolute Gasteiger partial charge is 0.339 e. The summed E-state index contributed by atoms with van der Waals surface area (Å²) in [5.41, 5.74) is 2.01. The highest BCUT2D eigenvalue weighted by atomic mass is 32.1. The fourth-order valence-electron chi connectivity index (χ4n) is 3.05. The van der Waals surface area contributed by atoms with Crippen LogP contribution in [0.3, 0.4) is 0 Å². The van der Waals surface area contributed by atoms with Crippen molar-refractivity contribution < 1.29 is 4.79 Å². The number of hydrogen-bond donors (Lipinski definition) is 1. The summed E-state index contributed by atoms with van der Waals surface area (Å²) in [4.78, 5) is 28.5. The maximum atomic E-state index is 11.9. The smallest absolute Gasteiger partial charge is 0.245 e. The second-order valence-electron chi connectivity index (χ2n) is 6.34. The quantitative estimate of drug-likeness (QED) is 0.848. The van der Waals surface area contributed by atoms with E-state index < -0.39 is 0 Å². The van der Waals surface area contributed by atoms with E-state index in [1.165, 1.54) is 11.0 Å². The Balaban J connectivity index is 1.81. The van der Waals surface area contributed by atoms with Crippen molar-refractivity contribution in [1.82, 2.24) is 19.9 Å². The molecular formula is C18H23N5OS. The number of likely N-dealkylation sites (tertiary alicyclic amines) is 1. The van der Waals surface area contributed by atoms with Crippen molar-refractivity contribution in [2.24, 2.45) is 0 Å². The van der Waals surface area contributed by atoms with Gasteiger partial charge in [-0.1, -0.05) is 6.58 Å². The Morgan fingerprint density at radius 3 is 2.84 bits per heavy atom. The number of amides is 1. The summed E-state index contributed by atoms with van der Waals surface area (Å²) in [6.45, 7) is 11.0. The van der Waals surface area contributed by atoms with Crippen LogP contribution in [0.2, 0.25) is 0 Å². The number of nitrogens with one attached hydrogen (secondary N) is 1. The summed E-state index contributed by atoms with van der Waals surface area (Å²) >= 11 is 1.62. The van der Waals surface area contributed by atoms with Crippen molar-refractivity contribution in [1.29, 1.82) is 0 Å². The second kappa shape index (κ2) is 7.31. The lowest BCUT2D eigenvalue weighted by molar-refractivity contribution is -0.127. The van der Waals surface area contributed by atoms with Crippen molar-refractivity contribution in [3.63, 3.8) is 0 Å². The molecule has 0 bridgehead atoms. The summed E-state index contributed by atoms with van der Waals surface area (Å²) in [5, 5.41) is 4.13. The zero-order chi connectivity index (χ0) is 18.0. The number of thiazole rings is 1.